The molecule has 0 radical (unpaired) electrons. The third-order valence-corrected chi connectivity index (χ3v) is 4.17. The van der Waals surface area contributed by atoms with Crippen LogP contribution in [0.15, 0.2) is 41.6 Å². The summed E-state index contributed by atoms with van der Waals surface area (Å²) in [4.78, 5) is 1.32. The van der Waals surface area contributed by atoms with Crippen LogP contribution in [0.5, 0.6) is 0 Å². The zero-order valence-electron chi connectivity index (χ0n) is 10.8. The number of nitrogens with two attached hydrogens (primary N) is 1. The van der Waals surface area contributed by atoms with Crippen molar-refractivity contribution in [3.8, 4) is 0 Å². The van der Waals surface area contributed by atoms with Gasteiger partial charge in [-0.2, -0.15) is 5.10 Å². The first-order valence-corrected chi connectivity index (χ1v) is 7.05. The highest BCUT2D eigenvalue weighted by Gasteiger charge is 2.07. The van der Waals surface area contributed by atoms with Gasteiger partial charge in [0.05, 0.1) is 6.20 Å². The molecule has 0 aliphatic carbocycles. The highest BCUT2D eigenvalue weighted by molar-refractivity contribution is 7.99. The molecule has 0 saturated carbocycles. The number of benzene rings is 1. The second-order valence-electron chi connectivity index (χ2n) is 4.56. The van der Waals surface area contributed by atoms with Crippen LogP contribution < -0.4 is 5.73 Å². The average Bonchev–Trinajstić information content (AvgIpc) is 2.74. The normalized spacial score (nSPS) is 12.6. The van der Waals surface area contributed by atoms with Crippen LogP contribution in [0.2, 0.25) is 0 Å². The van der Waals surface area contributed by atoms with Crippen molar-refractivity contribution in [3.63, 3.8) is 0 Å². The Morgan fingerprint density at radius 3 is 2.83 bits per heavy atom. The van der Waals surface area contributed by atoms with Crippen molar-refractivity contribution in [1.29, 1.82) is 0 Å². The lowest BCUT2D eigenvalue weighted by molar-refractivity contribution is 0.743. The molecule has 4 heteroatoms. The molecule has 0 spiro atoms. The minimum Gasteiger partial charge on any atom is -0.327 e. The first kappa shape index (κ1) is 13.2. The summed E-state index contributed by atoms with van der Waals surface area (Å²) in [6.07, 6.45) is 4.79. The molecule has 0 aliphatic rings. The first-order chi connectivity index (χ1) is 8.65. The lowest BCUT2D eigenvalue weighted by Gasteiger charge is -2.11. The van der Waals surface area contributed by atoms with Crippen molar-refractivity contribution < 1.29 is 0 Å². The van der Waals surface area contributed by atoms with Crippen LogP contribution in [0.1, 0.15) is 11.1 Å². The molecule has 96 valence electrons. The summed E-state index contributed by atoms with van der Waals surface area (Å²) in [5, 5.41) is 4.16. The molecule has 18 heavy (non-hydrogen) atoms. The SMILES string of the molecule is Cc1ccccc1SCC(N)Cc1cnn(C)c1. The molecule has 2 rings (SSSR count). The summed E-state index contributed by atoms with van der Waals surface area (Å²) in [6.45, 7) is 2.13. The Bertz CT molecular complexity index is 507. The molecule has 1 aromatic heterocycles. The summed E-state index contributed by atoms with van der Waals surface area (Å²) >= 11 is 1.83. The molecule has 1 heterocycles. The number of rotatable bonds is 5. The molecule has 0 fully saturated rings. The largest absolute Gasteiger partial charge is 0.327 e. The fourth-order valence-electron chi connectivity index (χ4n) is 1.85. The Balaban J connectivity index is 1.85. The van der Waals surface area contributed by atoms with E-state index in [2.05, 4.69) is 36.3 Å². The number of nitrogens with zero attached hydrogens (tertiary/aromatic N) is 2. The van der Waals surface area contributed by atoms with Gasteiger partial charge in [0.2, 0.25) is 0 Å². The molecule has 3 nitrogen and oxygen atoms in total. The molecule has 1 atom stereocenters. The Hall–Kier alpha value is -1.26. The molecule has 2 N–H and O–H groups in total. The van der Waals surface area contributed by atoms with Crippen LogP contribution in [0.3, 0.4) is 0 Å². The van der Waals surface area contributed by atoms with E-state index in [1.165, 1.54) is 16.0 Å². The summed E-state index contributed by atoms with van der Waals surface area (Å²) < 4.78 is 1.82. The summed E-state index contributed by atoms with van der Waals surface area (Å²) in [6, 6.07) is 8.58. The summed E-state index contributed by atoms with van der Waals surface area (Å²) in [5.41, 5.74) is 8.67. The second-order valence-corrected chi connectivity index (χ2v) is 5.62. The Morgan fingerprint density at radius 2 is 2.17 bits per heavy atom. The molecule has 2 aromatic rings. The van der Waals surface area contributed by atoms with Crippen molar-refractivity contribution in [1.82, 2.24) is 9.78 Å². The van der Waals surface area contributed by atoms with E-state index in [9.17, 15) is 0 Å². The number of hydrogen-bond acceptors (Lipinski definition) is 3. The van der Waals surface area contributed by atoms with Crippen molar-refractivity contribution in [2.45, 2.75) is 24.3 Å². The average molecular weight is 261 g/mol. The number of aromatic nitrogens is 2. The molecule has 0 saturated heterocycles. The fourth-order valence-corrected chi connectivity index (χ4v) is 2.84. The van der Waals surface area contributed by atoms with Crippen molar-refractivity contribution in [2.24, 2.45) is 12.8 Å². The van der Waals surface area contributed by atoms with Gasteiger partial charge in [0.1, 0.15) is 0 Å². The molecule has 0 bridgehead atoms. The Labute approximate surface area is 112 Å². The highest BCUT2D eigenvalue weighted by Crippen LogP contribution is 2.22. The van der Waals surface area contributed by atoms with E-state index in [4.69, 9.17) is 5.73 Å². The van der Waals surface area contributed by atoms with Gasteiger partial charge in [0, 0.05) is 29.9 Å². The standard InChI is InChI=1S/C14H19N3S/c1-11-5-3-4-6-14(11)18-10-13(15)7-12-8-16-17(2)9-12/h3-6,8-9,13H,7,10,15H2,1-2H3. The van der Waals surface area contributed by atoms with Crippen LogP contribution in [-0.2, 0) is 13.5 Å². The van der Waals surface area contributed by atoms with E-state index < -0.39 is 0 Å². The van der Waals surface area contributed by atoms with Gasteiger partial charge in [-0.1, -0.05) is 18.2 Å². The monoisotopic (exact) mass is 261 g/mol. The highest BCUT2D eigenvalue weighted by atomic mass is 32.2. The quantitative estimate of drug-likeness (QED) is 0.841. The fraction of sp³-hybridized carbons (Fsp3) is 0.357. The van der Waals surface area contributed by atoms with E-state index in [0.717, 1.165) is 12.2 Å². The Kier molecular flexibility index (Phi) is 4.44. The van der Waals surface area contributed by atoms with Gasteiger partial charge in [0.25, 0.3) is 0 Å². The lowest BCUT2D eigenvalue weighted by Crippen LogP contribution is -2.25. The number of aryl methyl sites for hydroxylation is 2. The zero-order chi connectivity index (χ0) is 13.0. The molecular weight excluding hydrogens is 242 g/mol. The van der Waals surface area contributed by atoms with Crippen molar-refractivity contribution >= 4 is 11.8 Å². The van der Waals surface area contributed by atoms with Gasteiger partial charge in [-0.15, -0.1) is 11.8 Å². The predicted molar refractivity (Wildman–Crippen MR) is 76.8 cm³/mol. The van der Waals surface area contributed by atoms with Crippen molar-refractivity contribution in [3.05, 3.63) is 47.8 Å². The zero-order valence-corrected chi connectivity index (χ0v) is 11.7. The molecule has 0 amide bonds. The lowest BCUT2D eigenvalue weighted by atomic mass is 10.1. The van der Waals surface area contributed by atoms with Crippen LogP contribution in [0.25, 0.3) is 0 Å². The smallest absolute Gasteiger partial charge is 0.0522 e. The minimum atomic E-state index is 0.166. The maximum Gasteiger partial charge on any atom is 0.0522 e. The summed E-state index contributed by atoms with van der Waals surface area (Å²) in [5.74, 6) is 0.930. The van der Waals surface area contributed by atoms with Crippen LogP contribution >= 0.6 is 11.8 Å². The number of hydrogen-bond donors (Lipinski definition) is 1. The van der Waals surface area contributed by atoms with Gasteiger partial charge in [0.15, 0.2) is 0 Å². The van der Waals surface area contributed by atoms with Gasteiger partial charge in [-0.3, -0.25) is 4.68 Å². The van der Waals surface area contributed by atoms with E-state index in [1.807, 2.05) is 35.9 Å². The second kappa shape index (κ2) is 6.07. The van der Waals surface area contributed by atoms with Gasteiger partial charge < -0.3 is 5.73 Å². The van der Waals surface area contributed by atoms with Crippen LogP contribution in [0.4, 0.5) is 0 Å². The maximum absolute atomic E-state index is 6.16. The van der Waals surface area contributed by atoms with Crippen LogP contribution in [0, 0.1) is 6.92 Å². The van der Waals surface area contributed by atoms with Gasteiger partial charge >= 0.3 is 0 Å². The topological polar surface area (TPSA) is 43.8 Å². The third kappa shape index (κ3) is 3.62. The van der Waals surface area contributed by atoms with E-state index >= 15 is 0 Å². The Morgan fingerprint density at radius 1 is 1.39 bits per heavy atom. The molecule has 1 aromatic carbocycles. The number of thioether (sulfide) groups is 1. The minimum absolute atomic E-state index is 0.166. The molecule has 1 unspecified atom stereocenters. The third-order valence-electron chi connectivity index (χ3n) is 2.80. The maximum atomic E-state index is 6.16. The first-order valence-electron chi connectivity index (χ1n) is 6.06. The van der Waals surface area contributed by atoms with E-state index in [-0.39, 0.29) is 6.04 Å². The predicted octanol–water partition coefficient (Wildman–Crippen LogP) is 2.39. The van der Waals surface area contributed by atoms with E-state index in [1.54, 1.807) is 0 Å². The van der Waals surface area contributed by atoms with Gasteiger partial charge in [-0.05, 0) is 30.5 Å². The van der Waals surface area contributed by atoms with E-state index in [0.29, 0.717) is 0 Å². The van der Waals surface area contributed by atoms with Crippen molar-refractivity contribution in [2.75, 3.05) is 5.75 Å². The summed E-state index contributed by atoms with van der Waals surface area (Å²) in [7, 11) is 1.93. The van der Waals surface area contributed by atoms with Gasteiger partial charge in [-0.25, -0.2) is 0 Å². The van der Waals surface area contributed by atoms with Crippen LogP contribution in [-0.4, -0.2) is 21.6 Å². The molecular formula is C14H19N3S. The molecule has 0 aliphatic heterocycles.